The van der Waals surface area contributed by atoms with Crippen LogP contribution in [0.4, 0.5) is 0 Å². The van der Waals surface area contributed by atoms with Gasteiger partial charge in [0.1, 0.15) is 4.34 Å². The summed E-state index contributed by atoms with van der Waals surface area (Å²) in [6.07, 6.45) is 0.933. The third kappa shape index (κ3) is 5.31. The Labute approximate surface area is 108 Å². The fourth-order valence-electron chi connectivity index (χ4n) is 1.11. The molecule has 0 radical (unpaired) electrons. The molecule has 1 aromatic heterocycles. The van der Waals surface area contributed by atoms with Gasteiger partial charge >= 0.3 is 0 Å². The molecule has 5 heteroatoms. The Balaban J connectivity index is 2.10. The Hall–Kier alpha value is 0.390. The smallest absolute Gasteiger partial charge is 0.107 e. The van der Waals surface area contributed by atoms with Gasteiger partial charge in [-0.2, -0.15) is 0 Å². The van der Waals surface area contributed by atoms with Crippen molar-refractivity contribution in [1.29, 1.82) is 0 Å². The van der Waals surface area contributed by atoms with Crippen LogP contribution >= 0.6 is 38.9 Å². The quantitative estimate of drug-likeness (QED) is 0.780. The van der Waals surface area contributed by atoms with Crippen LogP contribution in [0.2, 0.25) is 4.34 Å². The van der Waals surface area contributed by atoms with E-state index in [1.807, 2.05) is 0 Å². The van der Waals surface area contributed by atoms with Crippen molar-refractivity contribution < 1.29 is 4.74 Å². The van der Waals surface area contributed by atoms with Gasteiger partial charge < -0.3 is 10.1 Å². The molecule has 15 heavy (non-hydrogen) atoms. The molecule has 1 N–H and O–H groups in total. The standard InChI is InChI=1S/C10H15BrClNOS/c1-2-13-4-6-14-5-3-8-7-9(11)10(12)15-8/h7,13H,2-6H2,1H3. The normalized spacial score (nSPS) is 10.9. The molecule has 0 atom stereocenters. The van der Waals surface area contributed by atoms with Crippen LogP contribution < -0.4 is 5.32 Å². The first-order valence-electron chi connectivity index (χ1n) is 4.96. The van der Waals surface area contributed by atoms with E-state index in [9.17, 15) is 0 Å². The molecule has 0 aliphatic carbocycles. The lowest BCUT2D eigenvalue weighted by Gasteiger charge is -2.03. The summed E-state index contributed by atoms with van der Waals surface area (Å²) in [6.45, 7) is 5.54. The summed E-state index contributed by atoms with van der Waals surface area (Å²) in [5, 5.41) is 3.21. The van der Waals surface area contributed by atoms with Gasteiger partial charge in [-0.1, -0.05) is 18.5 Å². The van der Waals surface area contributed by atoms with Gasteiger partial charge in [-0.3, -0.25) is 0 Å². The van der Waals surface area contributed by atoms with E-state index in [1.165, 1.54) is 4.88 Å². The van der Waals surface area contributed by atoms with Gasteiger partial charge in [-0.15, -0.1) is 11.3 Å². The molecular formula is C10H15BrClNOS. The van der Waals surface area contributed by atoms with Crippen molar-refractivity contribution in [2.24, 2.45) is 0 Å². The van der Waals surface area contributed by atoms with Crippen molar-refractivity contribution in [1.82, 2.24) is 5.32 Å². The van der Waals surface area contributed by atoms with Gasteiger partial charge in [0.05, 0.1) is 13.2 Å². The molecule has 0 amide bonds. The molecule has 0 spiro atoms. The van der Waals surface area contributed by atoms with Crippen molar-refractivity contribution in [3.63, 3.8) is 0 Å². The Morgan fingerprint density at radius 2 is 2.33 bits per heavy atom. The Kier molecular flexibility index (Phi) is 6.84. The number of likely N-dealkylation sites (N-methyl/N-ethyl adjacent to an activating group) is 1. The number of nitrogens with one attached hydrogen (secondary N) is 1. The molecule has 86 valence electrons. The molecule has 0 aromatic carbocycles. The average Bonchev–Trinajstić information content (AvgIpc) is 2.52. The molecule has 1 aromatic rings. The van der Waals surface area contributed by atoms with Gasteiger partial charge in [0, 0.05) is 22.3 Å². The highest BCUT2D eigenvalue weighted by atomic mass is 79.9. The lowest BCUT2D eigenvalue weighted by atomic mass is 10.4. The molecule has 0 aliphatic rings. The minimum atomic E-state index is 0.759. The number of thiophene rings is 1. The van der Waals surface area contributed by atoms with Crippen LogP contribution in [0.25, 0.3) is 0 Å². The Morgan fingerprint density at radius 1 is 1.53 bits per heavy atom. The number of ether oxygens (including phenoxy) is 1. The van der Waals surface area contributed by atoms with E-state index in [2.05, 4.69) is 34.2 Å². The van der Waals surface area contributed by atoms with Crippen molar-refractivity contribution >= 4 is 38.9 Å². The largest absolute Gasteiger partial charge is 0.380 e. The lowest BCUT2D eigenvalue weighted by molar-refractivity contribution is 0.140. The highest BCUT2D eigenvalue weighted by molar-refractivity contribution is 9.10. The summed E-state index contributed by atoms with van der Waals surface area (Å²) in [7, 11) is 0. The number of hydrogen-bond acceptors (Lipinski definition) is 3. The molecule has 0 aliphatic heterocycles. The van der Waals surface area contributed by atoms with Gasteiger partial charge in [-0.05, 0) is 28.5 Å². The summed E-state index contributed by atoms with van der Waals surface area (Å²) in [5.41, 5.74) is 0. The zero-order valence-corrected chi connectivity index (χ0v) is 11.8. The predicted molar refractivity (Wildman–Crippen MR) is 70.1 cm³/mol. The van der Waals surface area contributed by atoms with E-state index < -0.39 is 0 Å². The second-order valence-corrected chi connectivity index (χ2v) is 5.64. The second kappa shape index (κ2) is 7.63. The SMILES string of the molecule is CCNCCOCCc1cc(Br)c(Cl)s1. The molecule has 0 saturated heterocycles. The third-order valence-corrected chi connectivity index (χ3v) is 4.40. The van der Waals surface area contributed by atoms with Crippen LogP contribution in [0, 0.1) is 0 Å². The summed E-state index contributed by atoms with van der Waals surface area (Å²) in [4.78, 5) is 1.26. The van der Waals surface area contributed by atoms with Gasteiger partial charge in [0.2, 0.25) is 0 Å². The van der Waals surface area contributed by atoms with Crippen LogP contribution in [0.5, 0.6) is 0 Å². The van der Waals surface area contributed by atoms with Crippen LogP contribution in [0.3, 0.4) is 0 Å². The zero-order valence-electron chi connectivity index (χ0n) is 8.69. The molecule has 2 nitrogen and oxygen atoms in total. The van der Waals surface area contributed by atoms with E-state index in [0.717, 1.165) is 41.5 Å². The Bertz CT molecular complexity index is 273. The summed E-state index contributed by atoms with van der Waals surface area (Å²) in [5.74, 6) is 0. The monoisotopic (exact) mass is 311 g/mol. The minimum Gasteiger partial charge on any atom is -0.380 e. The maximum Gasteiger partial charge on any atom is 0.107 e. The maximum absolute atomic E-state index is 5.93. The first-order valence-corrected chi connectivity index (χ1v) is 6.95. The van der Waals surface area contributed by atoms with E-state index in [0.29, 0.717) is 0 Å². The highest BCUT2D eigenvalue weighted by Gasteiger charge is 2.03. The maximum atomic E-state index is 5.93. The second-order valence-electron chi connectivity index (χ2n) is 3.05. The minimum absolute atomic E-state index is 0.759. The molecule has 1 heterocycles. The van der Waals surface area contributed by atoms with Crippen LogP contribution in [-0.4, -0.2) is 26.3 Å². The van der Waals surface area contributed by atoms with Crippen molar-refractivity contribution in [3.8, 4) is 0 Å². The van der Waals surface area contributed by atoms with Crippen LogP contribution in [0.1, 0.15) is 11.8 Å². The van der Waals surface area contributed by atoms with Gasteiger partial charge in [0.15, 0.2) is 0 Å². The molecule has 1 rings (SSSR count). The average molecular weight is 313 g/mol. The first-order chi connectivity index (χ1) is 7.24. The van der Waals surface area contributed by atoms with Crippen molar-refractivity contribution in [2.75, 3.05) is 26.3 Å². The highest BCUT2D eigenvalue weighted by Crippen LogP contribution is 2.32. The zero-order chi connectivity index (χ0) is 11.1. The van der Waals surface area contributed by atoms with E-state index in [-0.39, 0.29) is 0 Å². The Morgan fingerprint density at radius 3 is 2.93 bits per heavy atom. The molecule has 0 unspecified atom stereocenters. The lowest BCUT2D eigenvalue weighted by Crippen LogP contribution is -2.19. The van der Waals surface area contributed by atoms with Crippen molar-refractivity contribution in [3.05, 3.63) is 19.8 Å². The predicted octanol–water partition coefficient (Wildman–Crippen LogP) is 3.33. The van der Waals surface area contributed by atoms with E-state index in [1.54, 1.807) is 11.3 Å². The molecular weight excluding hydrogens is 298 g/mol. The van der Waals surface area contributed by atoms with Crippen molar-refractivity contribution in [2.45, 2.75) is 13.3 Å². The van der Waals surface area contributed by atoms with Gasteiger partial charge in [-0.25, -0.2) is 0 Å². The fraction of sp³-hybridized carbons (Fsp3) is 0.600. The summed E-state index contributed by atoms with van der Waals surface area (Å²) < 4.78 is 7.27. The summed E-state index contributed by atoms with van der Waals surface area (Å²) in [6, 6.07) is 2.06. The first kappa shape index (κ1) is 13.5. The van der Waals surface area contributed by atoms with Crippen LogP contribution in [0.15, 0.2) is 10.5 Å². The molecule has 0 bridgehead atoms. The third-order valence-electron chi connectivity index (χ3n) is 1.86. The summed E-state index contributed by atoms with van der Waals surface area (Å²) >= 11 is 10.9. The van der Waals surface area contributed by atoms with Gasteiger partial charge in [0.25, 0.3) is 0 Å². The number of rotatable bonds is 7. The fourth-order valence-corrected chi connectivity index (χ4v) is 2.88. The molecule has 0 saturated carbocycles. The number of halogens is 2. The number of hydrogen-bond donors (Lipinski definition) is 1. The molecule has 0 fully saturated rings. The van der Waals surface area contributed by atoms with Crippen LogP contribution in [-0.2, 0) is 11.2 Å². The van der Waals surface area contributed by atoms with E-state index >= 15 is 0 Å². The topological polar surface area (TPSA) is 21.3 Å². The van der Waals surface area contributed by atoms with E-state index in [4.69, 9.17) is 16.3 Å².